The molecule has 0 unspecified atom stereocenters. The molecule has 4 aromatic carbocycles. The van der Waals surface area contributed by atoms with E-state index in [4.69, 9.17) is 9.47 Å². The van der Waals surface area contributed by atoms with Crippen LogP contribution < -0.4 is 0 Å². The zero-order valence-corrected chi connectivity index (χ0v) is 25.2. The molecule has 0 aromatic heterocycles. The maximum absolute atomic E-state index is 13.2. The average Bonchev–Trinajstić information content (AvgIpc) is 3.11. The molecule has 0 aliphatic rings. The fourth-order valence-corrected chi connectivity index (χ4v) is 4.96. The molecule has 8 nitrogen and oxygen atoms in total. The highest BCUT2D eigenvalue weighted by molar-refractivity contribution is 6.17. The molecule has 0 atom stereocenters. The molecule has 0 spiro atoms. The number of carbonyl (C=O) groups is 6. The van der Waals surface area contributed by atoms with Gasteiger partial charge in [-0.15, -0.1) is 0 Å². The number of esters is 2. The molecule has 8 heteroatoms. The van der Waals surface area contributed by atoms with Crippen LogP contribution in [0, 0.1) is 11.8 Å². The first-order chi connectivity index (χ1) is 22.3. The van der Waals surface area contributed by atoms with Crippen LogP contribution in [0.3, 0.4) is 0 Å². The molecule has 0 fully saturated rings. The van der Waals surface area contributed by atoms with Crippen LogP contribution in [0.1, 0.15) is 67.1 Å². The molecule has 0 aliphatic heterocycles. The maximum atomic E-state index is 13.2. The summed E-state index contributed by atoms with van der Waals surface area (Å²) in [5.41, 5.74) is 1.48. The molecule has 4 rings (SSSR count). The Morgan fingerprint density at radius 2 is 0.630 bits per heavy atom. The molecule has 0 saturated heterocycles. The third-order valence-electron chi connectivity index (χ3n) is 7.38. The number of carbonyl (C=O) groups excluding carboxylic acids is 6. The molecule has 0 saturated carbocycles. The third kappa shape index (κ3) is 9.50. The average molecular weight is 619 g/mol. The summed E-state index contributed by atoms with van der Waals surface area (Å²) in [6, 6.07) is 33.7. The number of rotatable bonds is 17. The van der Waals surface area contributed by atoms with E-state index in [1.165, 1.54) is 0 Å². The lowest BCUT2D eigenvalue weighted by atomic mass is 9.86. The van der Waals surface area contributed by atoms with E-state index in [2.05, 4.69) is 0 Å². The van der Waals surface area contributed by atoms with Crippen LogP contribution in [0.25, 0.3) is 0 Å². The Kier molecular flexibility index (Phi) is 12.4. The Labute approximate surface area is 267 Å². The Morgan fingerprint density at radius 1 is 0.391 bits per heavy atom. The van der Waals surface area contributed by atoms with Crippen LogP contribution >= 0.6 is 0 Å². The minimum absolute atomic E-state index is 0.0493. The molecule has 0 bridgehead atoms. The summed E-state index contributed by atoms with van der Waals surface area (Å²) in [5, 5.41) is 0. The minimum Gasteiger partial charge on any atom is -0.462 e. The molecule has 0 aliphatic carbocycles. The van der Waals surface area contributed by atoms with Crippen molar-refractivity contribution in [1.82, 2.24) is 0 Å². The van der Waals surface area contributed by atoms with Crippen LogP contribution in [-0.4, -0.2) is 48.3 Å². The zero-order valence-electron chi connectivity index (χ0n) is 25.2. The highest BCUT2D eigenvalue weighted by atomic mass is 16.6. The van der Waals surface area contributed by atoms with Crippen LogP contribution in [0.5, 0.6) is 0 Å². The predicted molar refractivity (Wildman–Crippen MR) is 170 cm³/mol. The van der Waals surface area contributed by atoms with Crippen molar-refractivity contribution in [1.29, 1.82) is 0 Å². The van der Waals surface area contributed by atoms with Crippen LogP contribution in [0.2, 0.25) is 0 Å². The zero-order chi connectivity index (χ0) is 32.7. The highest BCUT2D eigenvalue weighted by Crippen LogP contribution is 2.22. The van der Waals surface area contributed by atoms with Gasteiger partial charge in [0.2, 0.25) is 0 Å². The van der Waals surface area contributed by atoms with E-state index in [-0.39, 0.29) is 62.0 Å². The number of ether oxygens (including phenoxy) is 2. The second kappa shape index (κ2) is 17.1. The molecule has 4 aromatic rings. The summed E-state index contributed by atoms with van der Waals surface area (Å²) in [6.45, 7) is -0.465. The number of hydrogen-bond donors (Lipinski definition) is 0. The standard InChI is InChI=1S/C38H34O8/c39-33(23-21-31(35(41)27-13-5-1-6-14-27)36(42)28-15-7-2-8-16-28)45-25-26-46-34(40)24-22-32(37(43)29-17-9-3-10-18-29)38(44)30-19-11-4-12-20-30/h1-20,31-32H,21-26H2. The Morgan fingerprint density at radius 3 is 0.870 bits per heavy atom. The van der Waals surface area contributed by atoms with Gasteiger partial charge in [-0.1, -0.05) is 121 Å². The van der Waals surface area contributed by atoms with E-state index in [9.17, 15) is 28.8 Å². The maximum Gasteiger partial charge on any atom is 0.305 e. The third-order valence-corrected chi connectivity index (χ3v) is 7.38. The van der Waals surface area contributed by atoms with Crippen molar-refractivity contribution in [2.45, 2.75) is 25.7 Å². The van der Waals surface area contributed by atoms with Crippen molar-refractivity contribution in [3.05, 3.63) is 144 Å². The molecule has 46 heavy (non-hydrogen) atoms. The summed E-state index contributed by atoms with van der Waals surface area (Å²) in [5.74, 6) is -4.97. The Balaban J connectivity index is 1.26. The highest BCUT2D eigenvalue weighted by Gasteiger charge is 2.30. The minimum atomic E-state index is -1.07. The monoisotopic (exact) mass is 618 g/mol. The van der Waals surface area contributed by atoms with E-state index in [1.807, 2.05) is 0 Å². The van der Waals surface area contributed by atoms with Crippen molar-refractivity contribution in [2.24, 2.45) is 11.8 Å². The van der Waals surface area contributed by atoms with Gasteiger partial charge < -0.3 is 9.47 Å². The quantitative estimate of drug-likeness (QED) is 0.0577. The molecule has 0 radical (unpaired) electrons. The van der Waals surface area contributed by atoms with Crippen molar-refractivity contribution < 1.29 is 38.2 Å². The van der Waals surface area contributed by atoms with Gasteiger partial charge in [-0.05, 0) is 12.8 Å². The van der Waals surface area contributed by atoms with Crippen LogP contribution in [0.4, 0.5) is 0 Å². The summed E-state index contributed by atoms with van der Waals surface area (Å²) < 4.78 is 10.4. The molecule has 234 valence electrons. The number of ketones is 4. The van der Waals surface area contributed by atoms with Gasteiger partial charge in [-0.2, -0.15) is 0 Å². The fraction of sp³-hybridized carbons (Fsp3) is 0.211. The van der Waals surface area contributed by atoms with Gasteiger partial charge in [0.1, 0.15) is 13.2 Å². The van der Waals surface area contributed by atoms with Gasteiger partial charge >= 0.3 is 11.9 Å². The smallest absolute Gasteiger partial charge is 0.305 e. The van der Waals surface area contributed by atoms with Crippen LogP contribution in [-0.2, 0) is 19.1 Å². The van der Waals surface area contributed by atoms with Gasteiger partial charge in [0.15, 0.2) is 23.1 Å². The second-order valence-electron chi connectivity index (χ2n) is 10.5. The van der Waals surface area contributed by atoms with E-state index in [0.29, 0.717) is 22.3 Å². The van der Waals surface area contributed by atoms with E-state index in [0.717, 1.165) is 0 Å². The normalized spacial score (nSPS) is 10.7. The Hall–Kier alpha value is -5.50. The second-order valence-corrected chi connectivity index (χ2v) is 10.5. The van der Waals surface area contributed by atoms with Gasteiger partial charge in [0.25, 0.3) is 0 Å². The lowest BCUT2D eigenvalue weighted by Crippen LogP contribution is -2.26. The van der Waals surface area contributed by atoms with E-state index < -0.39 is 23.8 Å². The van der Waals surface area contributed by atoms with Gasteiger partial charge in [-0.3, -0.25) is 28.8 Å². The van der Waals surface area contributed by atoms with Crippen molar-refractivity contribution in [3.8, 4) is 0 Å². The predicted octanol–water partition coefficient (Wildman–Crippen LogP) is 6.40. The van der Waals surface area contributed by atoms with Gasteiger partial charge in [-0.25, -0.2) is 0 Å². The van der Waals surface area contributed by atoms with Crippen molar-refractivity contribution >= 4 is 35.1 Å². The SMILES string of the molecule is O=C(CCC(C(=O)c1ccccc1)C(=O)c1ccccc1)OCCOC(=O)CCC(C(=O)c1ccccc1)C(=O)c1ccccc1. The van der Waals surface area contributed by atoms with Crippen molar-refractivity contribution in [3.63, 3.8) is 0 Å². The first-order valence-corrected chi connectivity index (χ1v) is 15.0. The topological polar surface area (TPSA) is 121 Å². The molecule has 0 N–H and O–H groups in total. The summed E-state index contributed by atoms with van der Waals surface area (Å²) in [6.07, 6.45) is -0.486. The van der Waals surface area contributed by atoms with E-state index >= 15 is 0 Å². The molecule has 0 heterocycles. The van der Waals surface area contributed by atoms with E-state index in [1.54, 1.807) is 121 Å². The number of hydrogen-bond acceptors (Lipinski definition) is 8. The fourth-order valence-electron chi connectivity index (χ4n) is 4.96. The largest absolute Gasteiger partial charge is 0.462 e. The Bertz CT molecular complexity index is 1410. The summed E-state index contributed by atoms with van der Waals surface area (Å²) in [4.78, 5) is 77.7. The van der Waals surface area contributed by atoms with Crippen LogP contribution in [0.15, 0.2) is 121 Å². The first kappa shape index (κ1) is 33.4. The lowest BCUT2D eigenvalue weighted by molar-refractivity contribution is -0.152. The summed E-state index contributed by atoms with van der Waals surface area (Å²) >= 11 is 0. The first-order valence-electron chi connectivity index (χ1n) is 15.0. The molecular weight excluding hydrogens is 584 g/mol. The molecule has 0 amide bonds. The van der Waals surface area contributed by atoms with Gasteiger partial charge in [0.05, 0.1) is 11.8 Å². The van der Waals surface area contributed by atoms with Crippen molar-refractivity contribution in [2.75, 3.05) is 13.2 Å². The number of benzene rings is 4. The lowest BCUT2D eigenvalue weighted by Gasteiger charge is -2.15. The summed E-state index contributed by atoms with van der Waals surface area (Å²) in [7, 11) is 0. The van der Waals surface area contributed by atoms with Gasteiger partial charge in [0, 0.05) is 35.1 Å². The number of Topliss-reactive ketones (excluding diaryl/α,β-unsaturated/α-hetero) is 4. The molecular formula is C38H34O8.